The molecule has 1 aromatic heterocycles. The molecule has 0 spiro atoms. The first kappa shape index (κ1) is 12.5. The molecule has 1 unspecified atom stereocenters. The highest BCUT2D eigenvalue weighted by Gasteiger charge is 2.19. The van der Waals surface area contributed by atoms with Gasteiger partial charge in [-0.15, -0.1) is 10.2 Å². The first-order valence-corrected chi connectivity index (χ1v) is 6.09. The van der Waals surface area contributed by atoms with Crippen LogP contribution in [0.5, 0.6) is 0 Å². The van der Waals surface area contributed by atoms with Gasteiger partial charge in [0, 0.05) is 18.6 Å². The maximum atomic E-state index is 9.07. The predicted molar refractivity (Wildman–Crippen MR) is 64.2 cm³/mol. The highest BCUT2D eigenvalue weighted by Crippen LogP contribution is 2.12. The van der Waals surface area contributed by atoms with Gasteiger partial charge in [-0.3, -0.25) is 4.90 Å². The number of aliphatic hydroxyl groups is 1. The van der Waals surface area contributed by atoms with Crippen LogP contribution < -0.4 is 5.73 Å². The van der Waals surface area contributed by atoms with Gasteiger partial charge in [0.05, 0.1) is 13.2 Å². The molecule has 0 bridgehead atoms. The van der Waals surface area contributed by atoms with E-state index in [9.17, 15) is 0 Å². The third kappa shape index (κ3) is 3.24. The van der Waals surface area contributed by atoms with Gasteiger partial charge in [-0.25, -0.2) is 0 Å². The van der Waals surface area contributed by atoms with E-state index in [4.69, 9.17) is 10.8 Å². The first-order chi connectivity index (χ1) is 8.11. The second-order valence-electron chi connectivity index (χ2n) is 5.13. The second-order valence-corrected chi connectivity index (χ2v) is 5.13. The molecule has 1 atom stereocenters. The van der Waals surface area contributed by atoms with Gasteiger partial charge in [-0.2, -0.15) is 0 Å². The molecule has 0 fully saturated rings. The van der Waals surface area contributed by atoms with Gasteiger partial charge in [0.2, 0.25) is 0 Å². The molecule has 0 saturated heterocycles. The summed E-state index contributed by atoms with van der Waals surface area (Å²) in [4.78, 5) is 2.36. The molecule has 6 nitrogen and oxygen atoms in total. The van der Waals surface area contributed by atoms with Crippen molar-refractivity contribution in [3.63, 3.8) is 0 Å². The number of rotatable bonds is 5. The van der Waals surface area contributed by atoms with E-state index in [1.54, 1.807) is 6.33 Å². The molecule has 0 saturated carbocycles. The first-order valence-electron chi connectivity index (χ1n) is 6.09. The zero-order valence-corrected chi connectivity index (χ0v) is 10.3. The minimum absolute atomic E-state index is 0.0430. The molecule has 0 radical (unpaired) electrons. The average molecular weight is 239 g/mol. The molecular formula is C11H21N5O. The van der Waals surface area contributed by atoms with Crippen molar-refractivity contribution >= 4 is 0 Å². The Balaban J connectivity index is 1.75. The highest BCUT2D eigenvalue weighted by molar-refractivity contribution is 4.90. The lowest BCUT2D eigenvalue weighted by Gasteiger charge is -2.28. The molecule has 1 aromatic rings. The van der Waals surface area contributed by atoms with Crippen molar-refractivity contribution in [2.24, 2.45) is 5.73 Å². The van der Waals surface area contributed by atoms with Crippen LogP contribution in [0, 0.1) is 0 Å². The quantitative estimate of drug-likeness (QED) is 0.729. The van der Waals surface area contributed by atoms with Crippen LogP contribution in [0.4, 0.5) is 0 Å². The third-order valence-corrected chi connectivity index (χ3v) is 3.30. The Hall–Kier alpha value is -0.980. The zero-order valence-electron chi connectivity index (χ0n) is 10.3. The molecule has 0 amide bonds. The van der Waals surface area contributed by atoms with Crippen molar-refractivity contribution in [2.45, 2.75) is 38.4 Å². The van der Waals surface area contributed by atoms with Crippen molar-refractivity contribution in [1.82, 2.24) is 19.7 Å². The number of fused-ring (bicyclic) bond motifs is 1. The monoisotopic (exact) mass is 239 g/mol. The lowest BCUT2D eigenvalue weighted by Crippen LogP contribution is -2.41. The lowest BCUT2D eigenvalue weighted by molar-refractivity contribution is 0.176. The van der Waals surface area contributed by atoms with Crippen LogP contribution >= 0.6 is 0 Å². The number of aliphatic hydroxyl groups excluding tert-OH is 1. The summed E-state index contributed by atoms with van der Waals surface area (Å²) >= 11 is 0. The summed E-state index contributed by atoms with van der Waals surface area (Å²) in [6.45, 7) is 5.79. The van der Waals surface area contributed by atoms with Gasteiger partial charge >= 0.3 is 0 Å². The fourth-order valence-corrected chi connectivity index (χ4v) is 2.09. The molecule has 1 aliphatic rings. The Kier molecular flexibility index (Phi) is 3.76. The fourth-order valence-electron chi connectivity index (χ4n) is 2.09. The summed E-state index contributed by atoms with van der Waals surface area (Å²) in [6, 6.07) is 0. The van der Waals surface area contributed by atoms with E-state index >= 15 is 0 Å². The molecule has 6 heteroatoms. The van der Waals surface area contributed by atoms with Gasteiger partial charge in [0.25, 0.3) is 0 Å². The van der Waals surface area contributed by atoms with Crippen LogP contribution in [0.15, 0.2) is 6.33 Å². The summed E-state index contributed by atoms with van der Waals surface area (Å²) in [7, 11) is 0. The van der Waals surface area contributed by atoms with Crippen LogP contribution in [0.25, 0.3) is 0 Å². The third-order valence-electron chi connectivity index (χ3n) is 3.30. The maximum Gasteiger partial charge on any atom is 0.147 e. The Morgan fingerprint density at radius 1 is 1.53 bits per heavy atom. The molecule has 0 aromatic carbocycles. The van der Waals surface area contributed by atoms with Crippen LogP contribution in [0.3, 0.4) is 0 Å². The van der Waals surface area contributed by atoms with Gasteiger partial charge in [0.15, 0.2) is 0 Å². The molecular weight excluding hydrogens is 218 g/mol. The highest BCUT2D eigenvalue weighted by atomic mass is 16.3. The Bertz CT molecular complexity index is 362. The van der Waals surface area contributed by atoms with Gasteiger partial charge < -0.3 is 15.4 Å². The van der Waals surface area contributed by atoms with Crippen molar-refractivity contribution < 1.29 is 5.11 Å². The van der Waals surface area contributed by atoms with Crippen LogP contribution in [0.2, 0.25) is 0 Å². The van der Waals surface area contributed by atoms with Gasteiger partial charge in [-0.05, 0) is 26.3 Å². The minimum atomic E-state index is -0.449. The normalized spacial score (nSPS) is 19.9. The molecule has 3 N–H and O–H groups in total. The van der Waals surface area contributed by atoms with Crippen LogP contribution in [-0.4, -0.2) is 50.0 Å². The average Bonchev–Trinajstić information content (AvgIpc) is 2.76. The number of hydrogen-bond donors (Lipinski definition) is 2. The van der Waals surface area contributed by atoms with Crippen molar-refractivity contribution in [2.75, 3.05) is 19.7 Å². The Morgan fingerprint density at radius 3 is 3.12 bits per heavy atom. The molecule has 2 heterocycles. The number of aromatic nitrogens is 3. The smallest absolute Gasteiger partial charge is 0.147 e. The molecule has 0 aliphatic carbocycles. The Morgan fingerprint density at radius 2 is 2.35 bits per heavy atom. The van der Waals surface area contributed by atoms with Gasteiger partial charge in [-0.1, -0.05) is 0 Å². The zero-order chi connectivity index (χ0) is 12.3. The summed E-state index contributed by atoms with van der Waals surface area (Å²) in [6.07, 6.45) is 3.63. The largest absolute Gasteiger partial charge is 0.394 e. The van der Waals surface area contributed by atoms with Crippen molar-refractivity contribution in [3.05, 3.63) is 12.2 Å². The SMILES string of the molecule is CC(N)(CO)CCCN1CCn2cnnc2C1. The second kappa shape index (κ2) is 5.12. The number of hydrogen-bond acceptors (Lipinski definition) is 5. The maximum absolute atomic E-state index is 9.07. The molecule has 2 rings (SSSR count). The number of nitrogens with two attached hydrogens (primary N) is 1. The van der Waals surface area contributed by atoms with E-state index < -0.39 is 5.54 Å². The van der Waals surface area contributed by atoms with Crippen molar-refractivity contribution in [1.29, 1.82) is 0 Å². The van der Waals surface area contributed by atoms with Crippen LogP contribution in [0.1, 0.15) is 25.6 Å². The molecule has 96 valence electrons. The summed E-state index contributed by atoms with van der Waals surface area (Å²) < 4.78 is 2.09. The van der Waals surface area contributed by atoms with E-state index in [1.807, 2.05) is 6.92 Å². The Labute approximate surface area is 101 Å². The molecule has 1 aliphatic heterocycles. The van der Waals surface area contributed by atoms with Crippen molar-refractivity contribution in [3.8, 4) is 0 Å². The van der Waals surface area contributed by atoms with E-state index in [0.717, 1.165) is 44.8 Å². The van der Waals surface area contributed by atoms with E-state index in [2.05, 4.69) is 19.7 Å². The van der Waals surface area contributed by atoms with E-state index in [1.165, 1.54) is 0 Å². The standard InChI is InChI=1S/C11H21N5O/c1-11(12,8-17)3-2-4-15-5-6-16-9-13-14-10(16)7-15/h9,17H,2-8,12H2,1H3. The molecule has 17 heavy (non-hydrogen) atoms. The van der Waals surface area contributed by atoms with E-state index in [0.29, 0.717) is 0 Å². The van der Waals surface area contributed by atoms with Gasteiger partial charge in [0.1, 0.15) is 12.2 Å². The fraction of sp³-hybridized carbons (Fsp3) is 0.818. The van der Waals surface area contributed by atoms with Crippen LogP contribution in [-0.2, 0) is 13.1 Å². The summed E-state index contributed by atoms with van der Waals surface area (Å²) in [5.41, 5.74) is 5.45. The predicted octanol–water partition coefficient (Wildman–Crippen LogP) is -0.416. The number of nitrogens with zero attached hydrogens (tertiary/aromatic N) is 4. The minimum Gasteiger partial charge on any atom is -0.394 e. The summed E-state index contributed by atoms with van der Waals surface area (Å²) in [5.74, 6) is 1.04. The topological polar surface area (TPSA) is 80.2 Å². The lowest BCUT2D eigenvalue weighted by atomic mass is 9.98. The summed E-state index contributed by atoms with van der Waals surface area (Å²) in [5, 5.41) is 17.1. The van der Waals surface area contributed by atoms with E-state index in [-0.39, 0.29) is 6.61 Å².